The summed E-state index contributed by atoms with van der Waals surface area (Å²) in [7, 11) is 0. The van der Waals surface area contributed by atoms with Gasteiger partial charge in [-0.25, -0.2) is 0 Å². The Morgan fingerprint density at radius 2 is 1.91 bits per heavy atom. The topological polar surface area (TPSA) is 62.3 Å². The van der Waals surface area contributed by atoms with Gasteiger partial charge in [0.25, 0.3) is 5.91 Å². The van der Waals surface area contributed by atoms with Crippen molar-refractivity contribution in [2.45, 2.75) is 20.4 Å². The van der Waals surface area contributed by atoms with Crippen LogP contribution in [0, 0.1) is 6.92 Å². The molecule has 0 aliphatic heterocycles. The number of aromatic nitrogens is 1. The molecule has 23 heavy (non-hydrogen) atoms. The molecule has 0 bridgehead atoms. The molecule has 1 aromatic carbocycles. The molecule has 0 radical (unpaired) electrons. The van der Waals surface area contributed by atoms with Crippen LogP contribution in [0.3, 0.4) is 0 Å². The lowest BCUT2D eigenvalue weighted by atomic mass is 10.1. The number of rotatable bonds is 6. The van der Waals surface area contributed by atoms with Crippen LogP contribution >= 0.6 is 0 Å². The molecule has 5 nitrogen and oxygen atoms in total. The predicted octanol–water partition coefficient (Wildman–Crippen LogP) is 2.17. The van der Waals surface area contributed by atoms with E-state index in [1.54, 1.807) is 29.4 Å². The highest BCUT2D eigenvalue weighted by Gasteiger charge is 2.10. The van der Waals surface area contributed by atoms with Crippen molar-refractivity contribution in [1.82, 2.24) is 15.2 Å². The minimum Gasteiger partial charge on any atom is -0.350 e. The molecule has 0 spiro atoms. The zero-order valence-corrected chi connectivity index (χ0v) is 13.5. The van der Waals surface area contributed by atoms with Crippen molar-refractivity contribution in [1.29, 1.82) is 0 Å². The molecule has 2 rings (SSSR count). The summed E-state index contributed by atoms with van der Waals surface area (Å²) in [5.41, 5.74) is 2.70. The number of benzene rings is 1. The second kappa shape index (κ2) is 8.08. The average Bonchev–Trinajstić information content (AvgIpc) is 2.55. The summed E-state index contributed by atoms with van der Waals surface area (Å²) in [4.78, 5) is 29.5. The van der Waals surface area contributed by atoms with Crippen molar-refractivity contribution in [3.8, 4) is 0 Å². The molecule has 1 aromatic heterocycles. The zero-order chi connectivity index (χ0) is 16.7. The van der Waals surface area contributed by atoms with Gasteiger partial charge < -0.3 is 10.2 Å². The van der Waals surface area contributed by atoms with Crippen LogP contribution in [0.1, 0.15) is 28.4 Å². The standard InChI is InChI=1S/C18H21N3O2/c1-14-5-7-17(8-6-14)18(23)20-10-11-21(15(2)22)13-16-4-3-9-19-12-16/h3-9,12H,10-11,13H2,1-2H3,(H,20,23). The van der Waals surface area contributed by atoms with Gasteiger partial charge in [-0.1, -0.05) is 23.8 Å². The summed E-state index contributed by atoms with van der Waals surface area (Å²) < 4.78 is 0. The van der Waals surface area contributed by atoms with Crippen LogP contribution in [0.2, 0.25) is 0 Å². The van der Waals surface area contributed by atoms with E-state index in [2.05, 4.69) is 10.3 Å². The maximum atomic E-state index is 12.0. The van der Waals surface area contributed by atoms with Crippen molar-refractivity contribution in [3.63, 3.8) is 0 Å². The largest absolute Gasteiger partial charge is 0.350 e. The number of amides is 2. The molecule has 2 aromatic rings. The average molecular weight is 311 g/mol. The number of nitrogens with zero attached hydrogens (tertiary/aromatic N) is 2. The summed E-state index contributed by atoms with van der Waals surface area (Å²) in [6.45, 7) is 4.86. The van der Waals surface area contributed by atoms with Gasteiger partial charge in [0.15, 0.2) is 0 Å². The Kier molecular flexibility index (Phi) is 5.86. The van der Waals surface area contributed by atoms with Crippen molar-refractivity contribution in [2.75, 3.05) is 13.1 Å². The summed E-state index contributed by atoms with van der Waals surface area (Å²) in [5, 5.41) is 2.84. The molecule has 2 amide bonds. The Morgan fingerprint density at radius 1 is 1.17 bits per heavy atom. The number of carbonyl (C=O) groups excluding carboxylic acids is 2. The highest BCUT2D eigenvalue weighted by molar-refractivity contribution is 5.94. The molecule has 0 saturated carbocycles. The monoisotopic (exact) mass is 311 g/mol. The maximum Gasteiger partial charge on any atom is 0.251 e. The van der Waals surface area contributed by atoms with Crippen molar-refractivity contribution in [2.24, 2.45) is 0 Å². The van der Waals surface area contributed by atoms with Gasteiger partial charge in [0, 0.05) is 44.5 Å². The summed E-state index contributed by atoms with van der Waals surface area (Å²) in [6, 6.07) is 11.2. The van der Waals surface area contributed by atoms with Gasteiger partial charge >= 0.3 is 0 Å². The number of aryl methyl sites for hydroxylation is 1. The first kappa shape index (κ1) is 16.7. The van der Waals surface area contributed by atoms with Crippen LogP contribution in [0.4, 0.5) is 0 Å². The second-order valence-electron chi connectivity index (χ2n) is 5.42. The van der Waals surface area contributed by atoms with Gasteiger partial charge in [0.05, 0.1) is 0 Å². The summed E-state index contributed by atoms with van der Waals surface area (Å²) in [6.07, 6.45) is 3.43. The van der Waals surface area contributed by atoms with Crippen LogP contribution in [0.5, 0.6) is 0 Å². The van der Waals surface area contributed by atoms with E-state index in [-0.39, 0.29) is 11.8 Å². The van der Waals surface area contributed by atoms with E-state index >= 15 is 0 Å². The molecule has 1 heterocycles. The van der Waals surface area contributed by atoms with Gasteiger partial charge in [-0.15, -0.1) is 0 Å². The molecule has 0 fully saturated rings. The number of pyridine rings is 1. The molecule has 0 unspecified atom stereocenters. The fourth-order valence-corrected chi connectivity index (χ4v) is 2.17. The summed E-state index contributed by atoms with van der Waals surface area (Å²) in [5.74, 6) is -0.159. The fourth-order valence-electron chi connectivity index (χ4n) is 2.17. The molecular weight excluding hydrogens is 290 g/mol. The number of nitrogens with one attached hydrogen (secondary N) is 1. The Morgan fingerprint density at radius 3 is 2.52 bits per heavy atom. The van der Waals surface area contributed by atoms with Gasteiger partial charge in [0.1, 0.15) is 0 Å². The van der Waals surface area contributed by atoms with Crippen LogP contribution in [0.25, 0.3) is 0 Å². The third kappa shape index (κ3) is 5.21. The van der Waals surface area contributed by atoms with E-state index in [1.165, 1.54) is 6.92 Å². The van der Waals surface area contributed by atoms with Crippen molar-refractivity contribution >= 4 is 11.8 Å². The lowest BCUT2D eigenvalue weighted by molar-refractivity contribution is -0.129. The summed E-state index contributed by atoms with van der Waals surface area (Å²) >= 11 is 0. The second-order valence-corrected chi connectivity index (χ2v) is 5.42. The highest BCUT2D eigenvalue weighted by Crippen LogP contribution is 2.04. The van der Waals surface area contributed by atoms with Gasteiger partial charge in [-0.3, -0.25) is 14.6 Å². The van der Waals surface area contributed by atoms with Crippen LogP contribution in [0.15, 0.2) is 48.8 Å². The number of hydrogen-bond donors (Lipinski definition) is 1. The first-order valence-electron chi connectivity index (χ1n) is 7.55. The van der Waals surface area contributed by atoms with Crippen molar-refractivity contribution in [3.05, 3.63) is 65.5 Å². The van der Waals surface area contributed by atoms with E-state index < -0.39 is 0 Å². The maximum absolute atomic E-state index is 12.0. The Balaban J connectivity index is 1.85. The number of carbonyl (C=O) groups is 2. The van der Waals surface area contributed by atoms with Crippen molar-refractivity contribution < 1.29 is 9.59 Å². The van der Waals surface area contributed by atoms with E-state index in [9.17, 15) is 9.59 Å². The van der Waals surface area contributed by atoms with Gasteiger partial charge in [-0.05, 0) is 30.7 Å². The Bertz CT molecular complexity index is 654. The molecule has 5 heteroatoms. The lowest BCUT2D eigenvalue weighted by Gasteiger charge is -2.21. The first-order chi connectivity index (χ1) is 11.1. The number of hydrogen-bond acceptors (Lipinski definition) is 3. The lowest BCUT2D eigenvalue weighted by Crippen LogP contribution is -2.37. The van der Waals surface area contributed by atoms with Gasteiger partial charge in [-0.2, -0.15) is 0 Å². The van der Waals surface area contributed by atoms with E-state index in [1.807, 2.05) is 31.2 Å². The quantitative estimate of drug-likeness (QED) is 0.889. The molecule has 0 saturated heterocycles. The van der Waals surface area contributed by atoms with Crippen LogP contribution < -0.4 is 5.32 Å². The van der Waals surface area contributed by atoms with Crippen LogP contribution in [-0.2, 0) is 11.3 Å². The molecule has 0 aliphatic carbocycles. The third-order valence-corrected chi connectivity index (χ3v) is 3.52. The predicted molar refractivity (Wildman–Crippen MR) is 88.8 cm³/mol. The van der Waals surface area contributed by atoms with E-state index in [4.69, 9.17) is 0 Å². The Labute approximate surface area is 136 Å². The third-order valence-electron chi connectivity index (χ3n) is 3.52. The molecular formula is C18H21N3O2. The minimum atomic E-state index is -0.130. The molecule has 0 atom stereocenters. The van der Waals surface area contributed by atoms with Crippen LogP contribution in [-0.4, -0.2) is 34.8 Å². The first-order valence-corrected chi connectivity index (χ1v) is 7.55. The fraction of sp³-hybridized carbons (Fsp3) is 0.278. The van der Waals surface area contributed by atoms with Gasteiger partial charge in [0.2, 0.25) is 5.91 Å². The molecule has 1 N–H and O–H groups in total. The highest BCUT2D eigenvalue weighted by atomic mass is 16.2. The smallest absolute Gasteiger partial charge is 0.251 e. The normalized spacial score (nSPS) is 10.2. The minimum absolute atomic E-state index is 0.0292. The zero-order valence-electron chi connectivity index (χ0n) is 13.5. The van der Waals surface area contributed by atoms with E-state index in [0.717, 1.165) is 11.1 Å². The molecule has 120 valence electrons. The Hall–Kier alpha value is -2.69. The van der Waals surface area contributed by atoms with E-state index in [0.29, 0.717) is 25.2 Å². The molecule has 0 aliphatic rings. The SMILES string of the molecule is CC(=O)N(CCNC(=O)c1ccc(C)cc1)Cc1cccnc1.